The molecular formula is C11H22N2O. The van der Waals surface area contributed by atoms with Crippen molar-refractivity contribution in [3.63, 3.8) is 0 Å². The van der Waals surface area contributed by atoms with Gasteiger partial charge in [0, 0.05) is 13.1 Å². The maximum absolute atomic E-state index is 11.3. The molecule has 0 aliphatic carbocycles. The zero-order valence-electron chi connectivity index (χ0n) is 9.17. The van der Waals surface area contributed by atoms with Gasteiger partial charge in [-0.2, -0.15) is 0 Å². The van der Waals surface area contributed by atoms with Gasteiger partial charge in [-0.05, 0) is 32.4 Å². The van der Waals surface area contributed by atoms with Crippen molar-refractivity contribution in [2.45, 2.75) is 32.6 Å². The van der Waals surface area contributed by atoms with Crippen LogP contribution in [0.2, 0.25) is 0 Å². The third kappa shape index (κ3) is 5.75. The summed E-state index contributed by atoms with van der Waals surface area (Å²) in [5.74, 6) is 0.0336. The monoisotopic (exact) mass is 198 g/mol. The molecule has 0 atom stereocenters. The molecule has 0 heterocycles. The van der Waals surface area contributed by atoms with Crippen LogP contribution < -0.4 is 5.73 Å². The molecule has 2 N–H and O–H groups in total. The lowest BCUT2D eigenvalue weighted by Crippen LogP contribution is -2.30. The Bertz CT molecular complexity index is 169. The number of likely N-dealkylation sites (N-methyl/N-ethyl adjacent to an activating group) is 1. The summed E-state index contributed by atoms with van der Waals surface area (Å²) in [6, 6.07) is 0. The first-order chi connectivity index (χ1) is 6.76. The second-order valence-corrected chi connectivity index (χ2v) is 3.32. The number of nitrogens with zero attached hydrogens (tertiary/aromatic N) is 1. The van der Waals surface area contributed by atoms with Crippen molar-refractivity contribution >= 4 is 5.91 Å². The number of nitrogens with two attached hydrogens (primary N) is 1. The van der Waals surface area contributed by atoms with Crippen LogP contribution in [0.15, 0.2) is 12.7 Å². The van der Waals surface area contributed by atoms with Crippen molar-refractivity contribution < 1.29 is 4.79 Å². The second-order valence-electron chi connectivity index (χ2n) is 3.32. The zero-order chi connectivity index (χ0) is 10.8. The normalized spacial score (nSPS) is 9.86. The highest BCUT2D eigenvalue weighted by molar-refractivity contribution is 5.86. The molecule has 0 rings (SSSR count). The molecule has 1 amide bonds. The molecule has 0 aromatic carbocycles. The first kappa shape index (κ1) is 13.2. The fourth-order valence-electron chi connectivity index (χ4n) is 1.35. The molecule has 0 fully saturated rings. The average molecular weight is 198 g/mol. The fourth-order valence-corrected chi connectivity index (χ4v) is 1.35. The number of carbonyl (C=O) groups is 1. The number of rotatable bonds is 8. The molecule has 0 spiro atoms. The van der Waals surface area contributed by atoms with E-state index >= 15 is 0 Å². The Morgan fingerprint density at radius 1 is 1.36 bits per heavy atom. The van der Waals surface area contributed by atoms with Crippen LogP contribution in [0.5, 0.6) is 0 Å². The summed E-state index contributed by atoms with van der Waals surface area (Å²) in [5.41, 5.74) is 5.39. The summed E-state index contributed by atoms with van der Waals surface area (Å²) in [6.07, 6.45) is 5.84. The highest BCUT2D eigenvalue weighted by Gasteiger charge is 2.05. The van der Waals surface area contributed by atoms with Crippen molar-refractivity contribution in [2.75, 3.05) is 19.6 Å². The third-order valence-electron chi connectivity index (χ3n) is 2.25. The van der Waals surface area contributed by atoms with Crippen LogP contribution in [0.1, 0.15) is 32.6 Å². The van der Waals surface area contributed by atoms with Gasteiger partial charge in [-0.15, -0.1) is 0 Å². The molecule has 0 aliphatic heterocycles. The van der Waals surface area contributed by atoms with Gasteiger partial charge in [0.25, 0.3) is 0 Å². The van der Waals surface area contributed by atoms with Gasteiger partial charge >= 0.3 is 0 Å². The maximum Gasteiger partial charge on any atom is 0.245 e. The highest BCUT2D eigenvalue weighted by atomic mass is 16.2. The van der Waals surface area contributed by atoms with E-state index in [1.165, 1.54) is 6.08 Å². The van der Waals surface area contributed by atoms with Crippen molar-refractivity contribution in [1.82, 2.24) is 4.90 Å². The maximum atomic E-state index is 11.3. The molecule has 14 heavy (non-hydrogen) atoms. The predicted octanol–water partition coefficient (Wildman–Crippen LogP) is 1.54. The summed E-state index contributed by atoms with van der Waals surface area (Å²) in [6.45, 7) is 7.84. The standard InChI is InChI=1S/C11H22N2O/c1-3-11(14)13(4-2)10-8-6-5-7-9-12/h3H,1,4-10,12H2,2H3. The minimum atomic E-state index is 0.0336. The van der Waals surface area contributed by atoms with E-state index in [1.54, 1.807) is 0 Å². The van der Waals surface area contributed by atoms with E-state index in [9.17, 15) is 4.79 Å². The Morgan fingerprint density at radius 2 is 2.00 bits per heavy atom. The lowest BCUT2D eigenvalue weighted by Gasteiger charge is -2.18. The number of amides is 1. The molecule has 0 unspecified atom stereocenters. The lowest BCUT2D eigenvalue weighted by molar-refractivity contribution is -0.125. The molecule has 0 aromatic rings. The molecule has 3 nitrogen and oxygen atoms in total. The van der Waals surface area contributed by atoms with Gasteiger partial charge in [0.15, 0.2) is 0 Å². The van der Waals surface area contributed by atoms with Gasteiger partial charge in [-0.25, -0.2) is 0 Å². The van der Waals surface area contributed by atoms with E-state index in [4.69, 9.17) is 5.73 Å². The Morgan fingerprint density at radius 3 is 2.50 bits per heavy atom. The van der Waals surface area contributed by atoms with E-state index in [1.807, 2.05) is 11.8 Å². The van der Waals surface area contributed by atoms with Crippen LogP contribution in [0.3, 0.4) is 0 Å². The molecule has 0 aliphatic rings. The Hall–Kier alpha value is -0.830. The van der Waals surface area contributed by atoms with Crippen LogP contribution in [0.4, 0.5) is 0 Å². The minimum Gasteiger partial charge on any atom is -0.339 e. The molecular weight excluding hydrogens is 176 g/mol. The molecule has 0 aromatic heterocycles. The van der Waals surface area contributed by atoms with Crippen LogP contribution in [0, 0.1) is 0 Å². The Kier molecular flexibility index (Phi) is 8.24. The number of unbranched alkanes of at least 4 members (excludes halogenated alkanes) is 3. The van der Waals surface area contributed by atoms with E-state index in [0.717, 1.165) is 45.3 Å². The average Bonchev–Trinajstić information content (AvgIpc) is 2.22. The van der Waals surface area contributed by atoms with E-state index < -0.39 is 0 Å². The summed E-state index contributed by atoms with van der Waals surface area (Å²) in [4.78, 5) is 13.1. The fraction of sp³-hybridized carbons (Fsp3) is 0.727. The summed E-state index contributed by atoms with van der Waals surface area (Å²) < 4.78 is 0. The van der Waals surface area contributed by atoms with Crippen LogP contribution in [-0.4, -0.2) is 30.4 Å². The van der Waals surface area contributed by atoms with Crippen molar-refractivity contribution in [3.05, 3.63) is 12.7 Å². The first-order valence-electron chi connectivity index (χ1n) is 5.37. The second kappa shape index (κ2) is 8.75. The molecule has 0 bridgehead atoms. The summed E-state index contributed by atoms with van der Waals surface area (Å²) >= 11 is 0. The summed E-state index contributed by atoms with van der Waals surface area (Å²) in [7, 11) is 0. The molecule has 3 heteroatoms. The van der Waals surface area contributed by atoms with Gasteiger partial charge in [-0.1, -0.05) is 19.4 Å². The third-order valence-corrected chi connectivity index (χ3v) is 2.25. The van der Waals surface area contributed by atoms with Crippen molar-refractivity contribution in [1.29, 1.82) is 0 Å². The number of hydrogen-bond donors (Lipinski definition) is 1. The molecule has 82 valence electrons. The summed E-state index contributed by atoms with van der Waals surface area (Å²) in [5, 5.41) is 0. The van der Waals surface area contributed by atoms with Crippen LogP contribution in [-0.2, 0) is 4.79 Å². The predicted molar refractivity (Wildman–Crippen MR) is 60.0 cm³/mol. The number of carbonyl (C=O) groups excluding carboxylic acids is 1. The smallest absolute Gasteiger partial charge is 0.245 e. The van der Waals surface area contributed by atoms with Crippen LogP contribution in [0.25, 0.3) is 0 Å². The molecule has 0 radical (unpaired) electrons. The lowest BCUT2D eigenvalue weighted by atomic mass is 10.2. The Balaban J connectivity index is 3.52. The van der Waals surface area contributed by atoms with Gasteiger partial charge in [0.1, 0.15) is 0 Å². The van der Waals surface area contributed by atoms with Crippen molar-refractivity contribution in [2.24, 2.45) is 5.73 Å². The minimum absolute atomic E-state index is 0.0336. The van der Waals surface area contributed by atoms with Gasteiger partial charge in [0.2, 0.25) is 5.91 Å². The largest absolute Gasteiger partial charge is 0.339 e. The van der Waals surface area contributed by atoms with E-state index in [0.29, 0.717) is 0 Å². The number of hydrogen-bond acceptors (Lipinski definition) is 2. The first-order valence-corrected chi connectivity index (χ1v) is 5.37. The molecule has 0 saturated carbocycles. The topological polar surface area (TPSA) is 46.3 Å². The van der Waals surface area contributed by atoms with Gasteiger partial charge in [-0.3, -0.25) is 4.79 Å². The molecule has 0 saturated heterocycles. The zero-order valence-corrected chi connectivity index (χ0v) is 9.17. The van der Waals surface area contributed by atoms with Gasteiger partial charge < -0.3 is 10.6 Å². The SMILES string of the molecule is C=CC(=O)N(CC)CCCCCCN. The van der Waals surface area contributed by atoms with E-state index in [-0.39, 0.29) is 5.91 Å². The quantitative estimate of drug-likeness (QED) is 0.475. The Labute approximate surface area is 87.0 Å². The van der Waals surface area contributed by atoms with Gasteiger partial charge in [0.05, 0.1) is 0 Å². The van der Waals surface area contributed by atoms with E-state index in [2.05, 4.69) is 6.58 Å². The van der Waals surface area contributed by atoms with Crippen LogP contribution >= 0.6 is 0 Å². The van der Waals surface area contributed by atoms with Crippen molar-refractivity contribution in [3.8, 4) is 0 Å². The highest BCUT2D eigenvalue weighted by Crippen LogP contribution is 2.01.